The van der Waals surface area contributed by atoms with Crippen LogP contribution in [0, 0.1) is 10.5 Å². The number of hydrogen-bond acceptors (Lipinski definition) is 5. The van der Waals surface area contributed by atoms with Crippen LogP contribution in [0.15, 0.2) is 40.4 Å². The zero-order valence-corrected chi connectivity index (χ0v) is 21.6. The van der Waals surface area contributed by atoms with Gasteiger partial charge in [-0.2, -0.15) is 0 Å². The molecule has 4 amide bonds. The third-order valence-electron chi connectivity index (χ3n) is 4.59. The van der Waals surface area contributed by atoms with Crippen LogP contribution in [0.4, 0.5) is 10.5 Å². The summed E-state index contributed by atoms with van der Waals surface area (Å²) in [7, 11) is 0. The zero-order chi connectivity index (χ0) is 23.4. The van der Waals surface area contributed by atoms with E-state index in [9.17, 15) is 14.4 Å². The van der Waals surface area contributed by atoms with Crippen LogP contribution < -0.4 is 19.7 Å². The average Bonchev–Trinajstić information content (AvgIpc) is 2.73. The minimum Gasteiger partial charge on any atom is -0.490 e. The van der Waals surface area contributed by atoms with Gasteiger partial charge in [-0.25, -0.2) is 9.69 Å². The number of amides is 4. The van der Waals surface area contributed by atoms with Crippen molar-refractivity contribution in [2.45, 2.75) is 27.2 Å². The van der Waals surface area contributed by atoms with Crippen LogP contribution in [-0.2, 0) is 9.59 Å². The maximum atomic E-state index is 13.2. The fourth-order valence-electron chi connectivity index (χ4n) is 3.10. The molecule has 9 heteroatoms. The summed E-state index contributed by atoms with van der Waals surface area (Å²) in [5, 5.41) is 2.25. The van der Waals surface area contributed by atoms with Crippen molar-refractivity contribution in [3.8, 4) is 11.5 Å². The first-order valence-corrected chi connectivity index (χ1v) is 11.9. The molecule has 0 spiro atoms. The Kier molecular flexibility index (Phi) is 7.94. The summed E-state index contributed by atoms with van der Waals surface area (Å²) in [4.78, 5) is 39.1. The molecule has 1 aliphatic rings. The number of carbonyl (C=O) groups excluding carboxylic acids is 3. The number of aryl methyl sites for hydroxylation is 1. The minimum atomic E-state index is -0.785. The molecule has 32 heavy (non-hydrogen) atoms. The van der Waals surface area contributed by atoms with E-state index in [4.69, 9.17) is 9.47 Å². The molecule has 0 bridgehead atoms. The Bertz CT molecular complexity index is 1120. The highest BCUT2D eigenvalue weighted by Crippen LogP contribution is 2.35. The summed E-state index contributed by atoms with van der Waals surface area (Å²) >= 11 is 5.53. The number of halogens is 2. The molecular weight excluding hydrogens is 591 g/mol. The SMILES string of the molecule is CCCOc1c(I)cc(/C=C2/C(=O)NC(=O)N(c3ccc(Br)c(C)c3)C2=O)cc1OCC. The molecule has 1 N–H and O–H groups in total. The first kappa shape index (κ1) is 24.2. The van der Waals surface area contributed by atoms with Crippen molar-refractivity contribution in [2.75, 3.05) is 18.1 Å². The predicted octanol–water partition coefficient (Wildman–Crippen LogP) is 5.22. The van der Waals surface area contributed by atoms with E-state index >= 15 is 0 Å². The van der Waals surface area contributed by atoms with E-state index in [1.165, 1.54) is 6.08 Å². The molecule has 2 aromatic rings. The summed E-state index contributed by atoms with van der Waals surface area (Å²) in [5.74, 6) is -0.290. The predicted molar refractivity (Wildman–Crippen MR) is 134 cm³/mol. The van der Waals surface area contributed by atoms with Crippen LogP contribution in [0.25, 0.3) is 6.08 Å². The van der Waals surface area contributed by atoms with E-state index in [0.29, 0.717) is 36.0 Å². The fourth-order valence-corrected chi connectivity index (χ4v) is 4.13. The third-order valence-corrected chi connectivity index (χ3v) is 6.29. The smallest absolute Gasteiger partial charge is 0.335 e. The number of nitrogens with one attached hydrogen (secondary N) is 1. The molecule has 168 valence electrons. The van der Waals surface area contributed by atoms with E-state index in [-0.39, 0.29) is 5.57 Å². The quantitative estimate of drug-likeness (QED) is 0.263. The number of imide groups is 2. The molecule has 1 aliphatic heterocycles. The number of carbonyl (C=O) groups is 3. The van der Waals surface area contributed by atoms with Crippen LogP contribution in [0.3, 0.4) is 0 Å². The number of nitrogens with zero attached hydrogens (tertiary/aromatic N) is 1. The molecule has 2 aromatic carbocycles. The molecular formula is C23H22BrIN2O5. The lowest BCUT2D eigenvalue weighted by Gasteiger charge is -2.26. The molecule has 0 saturated carbocycles. The summed E-state index contributed by atoms with van der Waals surface area (Å²) in [6.07, 6.45) is 2.30. The number of rotatable bonds is 7. The fraction of sp³-hybridized carbons (Fsp3) is 0.261. The largest absolute Gasteiger partial charge is 0.490 e. The number of benzene rings is 2. The van der Waals surface area contributed by atoms with Gasteiger partial charge in [0.25, 0.3) is 11.8 Å². The summed E-state index contributed by atoms with van der Waals surface area (Å²) in [5.41, 5.74) is 1.66. The molecule has 1 heterocycles. The van der Waals surface area contributed by atoms with Crippen molar-refractivity contribution in [3.05, 3.63) is 55.1 Å². The van der Waals surface area contributed by atoms with Gasteiger partial charge in [-0.05, 0) is 90.4 Å². The molecule has 0 aliphatic carbocycles. The second-order valence-corrected chi connectivity index (χ2v) is 9.02. The maximum Gasteiger partial charge on any atom is 0.335 e. The summed E-state index contributed by atoms with van der Waals surface area (Å²) in [6, 6.07) is 7.81. The molecule has 1 fully saturated rings. The molecule has 0 atom stereocenters. The Labute approximate surface area is 208 Å². The Hall–Kier alpha value is -2.40. The summed E-state index contributed by atoms with van der Waals surface area (Å²) < 4.78 is 13.2. The third kappa shape index (κ3) is 5.15. The second-order valence-electron chi connectivity index (χ2n) is 7.00. The first-order chi connectivity index (χ1) is 15.3. The van der Waals surface area contributed by atoms with E-state index in [2.05, 4.69) is 43.8 Å². The van der Waals surface area contributed by atoms with Crippen LogP contribution >= 0.6 is 38.5 Å². The lowest BCUT2D eigenvalue weighted by Crippen LogP contribution is -2.54. The number of barbiturate groups is 1. The van der Waals surface area contributed by atoms with Gasteiger partial charge in [0.2, 0.25) is 0 Å². The van der Waals surface area contributed by atoms with Crippen molar-refractivity contribution in [1.29, 1.82) is 0 Å². The van der Waals surface area contributed by atoms with Crippen molar-refractivity contribution < 1.29 is 23.9 Å². The maximum absolute atomic E-state index is 13.2. The van der Waals surface area contributed by atoms with Crippen molar-refractivity contribution in [1.82, 2.24) is 5.32 Å². The lowest BCUT2D eigenvalue weighted by molar-refractivity contribution is -0.122. The molecule has 0 unspecified atom stereocenters. The van der Waals surface area contributed by atoms with E-state index in [1.54, 1.807) is 30.3 Å². The van der Waals surface area contributed by atoms with Crippen LogP contribution in [0.2, 0.25) is 0 Å². The highest BCUT2D eigenvalue weighted by atomic mass is 127. The topological polar surface area (TPSA) is 84.9 Å². The van der Waals surface area contributed by atoms with Crippen molar-refractivity contribution >= 4 is 68.1 Å². The standard InChI is InChI=1S/C23H22BrIN2O5/c1-4-8-32-20-18(25)11-14(12-19(20)31-5-2)10-16-21(28)26-23(30)27(22(16)29)15-6-7-17(24)13(3)9-15/h6-7,9-12H,4-5,8H2,1-3H3,(H,26,28,30)/b16-10-. The normalized spacial score (nSPS) is 15.2. The summed E-state index contributed by atoms with van der Waals surface area (Å²) in [6.45, 7) is 6.70. The Morgan fingerprint density at radius 2 is 1.88 bits per heavy atom. The van der Waals surface area contributed by atoms with E-state index in [0.717, 1.165) is 24.9 Å². The van der Waals surface area contributed by atoms with E-state index in [1.807, 2.05) is 20.8 Å². The molecule has 3 rings (SSSR count). The molecule has 1 saturated heterocycles. The first-order valence-electron chi connectivity index (χ1n) is 10.0. The highest BCUT2D eigenvalue weighted by Gasteiger charge is 2.37. The van der Waals surface area contributed by atoms with Gasteiger partial charge in [0.05, 0.1) is 22.5 Å². The van der Waals surface area contributed by atoms with Gasteiger partial charge in [0.1, 0.15) is 5.57 Å². The van der Waals surface area contributed by atoms with Gasteiger partial charge in [0, 0.05) is 4.47 Å². The molecule has 7 nitrogen and oxygen atoms in total. The Morgan fingerprint density at radius 3 is 2.53 bits per heavy atom. The van der Waals surface area contributed by atoms with Gasteiger partial charge in [-0.3, -0.25) is 14.9 Å². The average molecular weight is 613 g/mol. The van der Waals surface area contributed by atoms with Gasteiger partial charge in [-0.1, -0.05) is 22.9 Å². The van der Waals surface area contributed by atoms with Gasteiger partial charge in [0.15, 0.2) is 11.5 Å². The number of urea groups is 1. The Morgan fingerprint density at radius 1 is 1.12 bits per heavy atom. The Balaban J connectivity index is 2.02. The number of anilines is 1. The monoisotopic (exact) mass is 612 g/mol. The van der Waals surface area contributed by atoms with Gasteiger partial charge in [-0.15, -0.1) is 0 Å². The molecule has 0 radical (unpaired) electrons. The van der Waals surface area contributed by atoms with Gasteiger partial charge < -0.3 is 9.47 Å². The number of hydrogen-bond donors (Lipinski definition) is 1. The number of ether oxygens (including phenoxy) is 2. The van der Waals surface area contributed by atoms with E-state index < -0.39 is 17.8 Å². The zero-order valence-electron chi connectivity index (χ0n) is 17.8. The lowest BCUT2D eigenvalue weighted by atomic mass is 10.1. The van der Waals surface area contributed by atoms with Gasteiger partial charge >= 0.3 is 6.03 Å². The molecule has 0 aromatic heterocycles. The van der Waals surface area contributed by atoms with Crippen molar-refractivity contribution in [3.63, 3.8) is 0 Å². The highest BCUT2D eigenvalue weighted by molar-refractivity contribution is 14.1. The second kappa shape index (κ2) is 10.5. The van der Waals surface area contributed by atoms with Crippen molar-refractivity contribution in [2.24, 2.45) is 0 Å². The van der Waals surface area contributed by atoms with Crippen LogP contribution in [0.1, 0.15) is 31.4 Å². The minimum absolute atomic E-state index is 0.148. The van der Waals surface area contributed by atoms with Crippen LogP contribution in [0.5, 0.6) is 11.5 Å². The van der Waals surface area contributed by atoms with Crippen LogP contribution in [-0.4, -0.2) is 31.1 Å².